The molecule has 2 heterocycles. The average molecular weight is 430 g/mol. The maximum atomic E-state index is 12.2. The van der Waals surface area contributed by atoms with E-state index in [0.717, 1.165) is 11.1 Å². The van der Waals surface area contributed by atoms with E-state index in [2.05, 4.69) is 19.7 Å². The summed E-state index contributed by atoms with van der Waals surface area (Å²) in [4.78, 5) is 24.3. The van der Waals surface area contributed by atoms with Crippen molar-refractivity contribution >= 4 is 16.0 Å². The molecule has 0 bridgehead atoms. The number of nitrogens with one attached hydrogen (secondary N) is 1. The number of hydrogen-bond donors (Lipinski definition) is 1. The van der Waals surface area contributed by atoms with E-state index < -0.39 is 10.0 Å². The molecule has 3 aromatic rings. The summed E-state index contributed by atoms with van der Waals surface area (Å²) in [5, 5.41) is 0. The summed E-state index contributed by atoms with van der Waals surface area (Å²) in [6.45, 7) is 5.62. The van der Waals surface area contributed by atoms with Crippen molar-refractivity contribution in [3.8, 4) is 23.1 Å². The number of sulfonamides is 1. The van der Waals surface area contributed by atoms with Gasteiger partial charge in [-0.25, -0.2) is 8.42 Å². The number of nitrogens with zero attached hydrogens (tertiary/aromatic N) is 4. The van der Waals surface area contributed by atoms with Gasteiger partial charge < -0.3 is 9.30 Å². The molecule has 2 aromatic heterocycles. The fourth-order valence-electron chi connectivity index (χ4n) is 2.77. The molecule has 0 aliphatic rings. The molecule has 3 rings (SSSR count). The lowest BCUT2D eigenvalue weighted by molar-refractivity contribution is 0.438. The van der Waals surface area contributed by atoms with Crippen LogP contribution >= 0.6 is 0 Å². The molecule has 1 aromatic carbocycles. The summed E-state index contributed by atoms with van der Waals surface area (Å²) in [5.74, 6) is 0.499. The summed E-state index contributed by atoms with van der Waals surface area (Å²) in [6.07, 6.45) is 2.00. The van der Waals surface area contributed by atoms with Gasteiger partial charge in [-0.05, 0) is 38.0 Å². The fourth-order valence-corrected chi connectivity index (χ4v) is 3.78. The van der Waals surface area contributed by atoms with E-state index in [1.165, 1.54) is 10.6 Å². The molecule has 0 aliphatic carbocycles. The quantitative estimate of drug-likeness (QED) is 0.614. The first-order chi connectivity index (χ1) is 14.2. The predicted octanol–water partition coefficient (Wildman–Crippen LogP) is 2.80. The minimum absolute atomic E-state index is 0.0602. The van der Waals surface area contributed by atoms with Crippen molar-refractivity contribution in [1.82, 2.24) is 19.5 Å². The van der Waals surface area contributed by atoms with Crippen molar-refractivity contribution < 1.29 is 13.2 Å². The predicted molar refractivity (Wildman–Crippen MR) is 114 cm³/mol. The molecule has 0 fully saturated rings. The molecule has 0 radical (unpaired) electrons. The van der Waals surface area contributed by atoms with Crippen LogP contribution in [0.3, 0.4) is 0 Å². The first kappa shape index (κ1) is 21.4. The Kier molecular flexibility index (Phi) is 6.16. The Morgan fingerprint density at radius 3 is 2.53 bits per heavy atom. The minimum atomic E-state index is -3.62. The SMILES string of the molecule is CCCS(=O)(=O)Nc1nc(Oc2ccc(C)cc2C)nc(-c2ccc(=O)n(C)c2)n1. The molecule has 0 atom stereocenters. The lowest BCUT2D eigenvalue weighted by Crippen LogP contribution is -2.19. The Hall–Kier alpha value is -3.27. The van der Waals surface area contributed by atoms with Crippen molar-refractivity contribution in [2.75, 3.05) is 10.5 Å². The van der Waals surface area contributed by atoms with Gasteiger partial charge in [-0.2, -0.15) is 15.0 Å². The van der Waals surface area contributed by atoms with Gasteiger partial charge in [-0.3, -0.25) is 9.52 Å². The molecule has 1 N–H and O–H groups in total. The third-order valence-electron chi connectivity index (χ3n) is 4.21. The number of pyridine rings is 1. The number of rotatable bonds is 7. The lowest BCUT2D eigenvalue weighted by Gasteiger charge is -2.11. The van der Waals surface area contributed by atoms with Crippen LogP contribution in [0, 0.1) is 13.8 Å². The van der Waals surface area contributed by atoms with Crippen LogP contribution in [0.4, 0.5) is 5.95 Å². The number of hydrogen-bond acceptors (Lipinski definition) is 7. The van der Waals surface area contributed by atoms with Crippen LogP contribution in [0.25, 0.3) is 11.4 Å². The van der Waals surface area contributed by atoms with Crippen LogP contribution in [0.1, 0.15) is 24.5 Å². The molecule has 10 heteroatoms. The molecule has 0 spiro atoms. The maximum Gasteiger partial charge on any atom is 0.327 e. The van der Waals surface area contributed by atoms with Crippen LogP contribution in [0.15, 0.2) is 41.3 Å². The van der Waals surface area contributed by atoms with Crippen molar-refractivity contribution in [3.05, 3.63) is 58.0 Å². The van der Waals surface area contributed by atoms with Crippen molar-refractivity contribution in [3.63, 3.8) is 0 Å². The van der Waals surface area contributed by atoms with Crippen LogP contribution < -0.4 is 15.0 Å². The third kappa shape index (κ3) is 5.20. The number of benzene rings is 1. The molecular formula is C20H23N5O4S. The van der Waals surface area contributed by atoms with Crippen molar-refractivity contribution in [1.29, 1.82) is 0 Å². The normalized spacial score (nSPS) is 11.3. The van der Waals surface area contributed by atoms with E-state index in [1.807, 2.05) is 26.0 Å². The van der Waals surface area contributed by atoms with Gasteiger partial charge in [-0.15, -0.1) is 0 Å². The van der Waals surface area contributed by atoms with Crippen LogP contribution in [-0.4, -0.2) is 33.7 Å². The Labute approximate surface area is 174 Å². The van der Waals surface area contributed by atoms with E-state index in [9.17, 15) is 13.2 Å². The summed E-state index contributed by atoms with van der Waals surface area (Å²) >= 11 is 0. The molecule has 0 aliphatic heterocycles. The van der Waals surface area contributed by atoms with Gasteiger partial charge in [0.1, 0.15) is 5.75 Å². The smallest absolute Gasteiger partial charge is 0.327 e. The zero-order valence-electron chi connectivity index (χ0n) is 17.2. The molecule has 9 nitrogen and oxygen atoms in total. The first-order valence-corrected chi connectivity index (χ1v) is 11.0. The second kappa shape index (κ2) is 8.62. The molecule has 0 unspecified atom stereocenters. The highest BCUT2D eigenvalue weighted by Crippen LogP contribution is 2.26. The Bertz CT molecular complexity index is 1240. The van der Waals surface area contributed by atoms with Crippen LogP contribution in [-0.2, 0) is 17.1 Å². The van der Waals surface area contributed by atoms with E-state index in [4.69, 9.17) is 4.74 Å². The van der Waals surface area contributed by atoms with Crippen molar-refractivity contribution in [2.24, 2.45) is 7.05 Å². The average Bonchev–Trinajstić information content (AvgIpc) is 2.65. The highest BCUT2D eigenvalue weighted by Gasteiger charge is 2.16. The summed E-state index contributed by atoms with van der Waals surface area (Å²) in [7, 11) is -2.01. The lowest BCUT2D eigenvalue weighted by atomic mass is 10.1. The highest BCUT2D eigenvalue weighted by atomic mass is 32.2. The van der Waals surface area contributed by atoms with Crippen LogP contribution in [0.2, 0.25) is 0 Å². The second-order valence-corrected chi connectivity index (χ2v) is 8.77. The monoisotopic (exact) mass is 429 g/mol. The van der Waals surface area contributed by atoms with Gasteiger partial charge in [0.25, 0.3) is 0 Å². The summed E-state index contributed by atoms with van der Waals surface area (Å²) in [6, 6.07) is 8.52. The standard InChI is InChI=1S/C20H23N5O4S/c1-5-10-30(27,28)24-19-21-18(15-7-9-17(26)25(4)12-15)22-20(23-19)29-16-8-6-13(2)11-14(16)3/h6-9,11-12H,5,10H2,1-4H3,(H,21,22,23,24). The zero-order chi connectivity index (χ0) is 21.9. The van der Waals surface area contributed by atoms with Gasteiger partial charge in [0.2, 0.25) is 21.5 Å². The number of aromatic nitrogens is 4. The topological polar surface area (TPSA) is 116 Å². The molecule has 0 amide bonds. The first-order valence-electron chi connectivity index (χ1n) is 9.35. The van der Waals surface area contributed by atoms with Gasteiger partial charge in [-0.1, -0.05) is 24.6 Å². The summed E-state index contributed by atoms with van der Waals surface area (Å²) in [5.41, 5.74) is 2.28. The van der Waals surface area contributed by atoms with Crippen LogP contribution in [0.5, 0.6) is 11.8 Å². The largest absolute Gasteiger partial charge is 0.424 e. The van der Waals surface area contributed by atoms with E-state index >= 15 is 0 Å². The van der Waals surface area contributed by atoms with Crippen molar-refractivity contribution in [2.45, 2.75) is 27.2 Å². The van der Waals surface area contributed by atoms with E-state index in [1.54, 1.807) is 32.3 Å². The molecule has 0 saturated heterocycles. The summed E-state index contributed by atoms with van der Waals surface area (Å²) < 4.78 is 34.0. The third-order valence-corrected chi connectivity index (χ3v) is 5.65. The Morgan fingerprint density at radius 2 is 1.87 bits per heavy atom. The molecule has 30 heavy (non-hydrogen) atoms. The Balaban J connectivity index is 2.07. The van der Waals surface area contributed by atoms with Gasteiger partial charge in [0, 0.05) is 24.9 Å². The molecule has 158 valence electrons. The van der Waals surface area contributed by atoms with Gasteiger partial charge in [0.05, 0.1) is 5.75 Å². The number of aryl methyl sites for hydroxylation is 3. The maximum absolute atomic E-state index is 12.2. The van der Waals surface area contributed by atoms with E-state index in [-0.39, 0.29) is 29.1 Å². The fraction of sp³-hybridized carbons (Fsp3) is 0.300. The Morgan fingerprint density at radius 1 is 1.10 bits per heavy atom. The van der Waals surface area contributed by atoms with Gasteiger partial charge in [0.15, 0.2) is 5.82 Å². The molecular weight excluding hydrogens is 406 g/mol. The van der Waals surface area contributed by atoms with Gasteiger partial charge >= 0.3 is 6.01 Å². The number of ether oxygens (including phenoxy) is 1. The number of anilines is 1. The molecule has 0 saturated carbocycles. The zero-order valence-corrected chi connectivity index (χ0v) is 18.0. The highest BCUT2D eigenvalue weighted by molar-refractivity contribution is 7.92. The second-order valence-electron chi connectivity index (χ2n) is 6.92. The minimum Gasteiger partial charge on any atom is -0.424 e. The van der Waals surface area contributed by atoms with E-state index in [0.29, 0.717) is 17.7 Å².